The molecule has 1 aliphatic carbocycles. The highest BCUT2D eigenvalue weighted by molar-refractivity contribution is 7.22. The average molecular weight is 821 g/mol. The van der Waals surface area contributed by atoms with E-state index in [4.69, 9.17) is 4.42 Å². The van der Waals surface area contributed by atoms with Crippen LogP contribution >= 0.6 is 11.3 Å². The summed E-state index contributed by atoms with van der Waals surface area (Å²) < 4.78 is 10.3. The molecule has 0 N–H and O–H groups in total. The third-order valence-electron chi connectivity index (χ3n) is 13.7. The molecule has 3 aromatic heterocycles. The summed E-state index contributed by atoms with van der Waals surface area (Å²) in [6, 6.07) is 78.3. The minimum Gasteiger partial charge on any atom is -0.462 e. The van der Waals surface area contributed by atoms with Crippen molar-refractivity contribution in [2.75, 3.05) is 4.90 Å². The predicted octanol–water partition coefficient (Wildman–Crippen LogP) is 16.2. The first kappa shape index (κ1) is 34.8. The molecule has 2 aliphatic rings. The van der Waals surface area contributed by atoms with Gasteiger partial charge >= 0.3 is 0 Å². The molecule has 4 heterocycles. The van der Waals surface area contributed by atoms with Crippen molar-refractivity contribution < 1.29 is 4.42 Å². The van der Waals surface area contributed by atoms with Gasteiger partial charge in [0.05, 0.1) is 27.8 Å². The van der Waals surface area contributed by atoms with Crippen LogP contribution in [0, 0.1) is 0 Å². The molecule has 3 nitrogen and oxygen atoms in total. The Hall–Kier alpha value is -7.92. The maximum atomic E-state index is 6.45. The lowest BCUT2D eigenvalue weighted by Gasteiger charge is -2.40. The number of hydrogen-bond acceptors (Lipinski definition) is 3. The van der Waals surface area contributed by atoms with E-state index in [-0.39, 0.29) is 0 Å². The van der Waals surface area contributed by atoms with Crippen LogP contribution in [-0.2, 0) is 5.41 Å². The van der Waals surface area contributed by atoms with E-state index in [1.165, 1.54) is 87.0 Å². The molecule has 0 fully saturated rings. The standard InChI is InChI=1S/C59H36N2OS/c1-2-13-37(14-3-1)39-27-32-55-47(33-39)54(36-62-55)60(41-28-25-38(26-29-41)57-34-40-15-4-11-24-56(40)63-57)42-30-31-44-43-16-5-7-19-48(43)59(51(44)35-42)49-20-8-10-23-53(49)61-52-22-9-6-17-45(52)46-18-12-21-50(59)58(46)61/h1-36H. The zero-order valence-corrected chi connectivity index (χ0v) is 34.8. The fourth-order valence-corrected chi connectivity index (χ4v) is 12.1. The van der Waals surface area contributed by atoms with Gasteiger partial charge in [-0.25, -0.2) is 0 Å². The predicted molar refractivity (Wildman–Crippen MR) is 262 cm³/mol. The smallest absolute Gasteiger partial charge is 0.136 e. The Bertz CT molecular complexity index is 3780. The number of para-hydroxylation sites is 3. The first-order chi connectivity index (χ1) is 31.2. The molecule has 4 heteroatoms. The van der Waals surface area contributed by atoms with E-state index in [1.807, 2.05) is 17.6 Å². The van der Waals surface area contributed by atoms with E-state index in [0.29, 0.717) is 0 Å². The van der Waals surface area contributed by atoms with Crippen LogP contribution in [0.2, 0.25) is 0 Å². The Morgan fingerprint density at radius 3 is 2.08 bits per heavy atom. The van der Waals surface area contributed by atoms with Gasteiger partial charge in [0.25, 0.3) is 0 Å². The highest BCUT2D eigenvalue weighted by Gasteiger charge is 2.51. The van der Waals surface area contributed by atoms with Gasteiger partial charge in [-0.1, -0.05) is 152 Å². The summed E-state index contributed by atoms with van der Waals surface area (Å²) in [7, 11) is 0. The summed E-state index contributed by atoms with van der Waals surface area (Å²) in [4.78, 5) is 3.66. The molecule has 1 unspecified atom stereocenters. The van der Waals surface area contributed by atoms with Crippen molar-refractivity contribution in [3.05, 3.63) is 241 Å². The second-order valence-corrected chi connectivity index (χ2v) is 17.9. The van der Waals surface area contributed by atoms with Gasteiger partial charge < -0.3 is 13.9 Å². The SMILES string of the molecule is c1ccc(-c2ccc3occ(N(c4ccc(-c5cc6ccccc6s5)cc4)c4ccc5c(c4)C4(c6ccccc6-5)c5ccccc5-n5c6ccccc6c6cccc4c65)c3c2)cc1. The Balaban J connectivity index is 1.03. The van der Waals surface area contributed by atoms with Gasteiger partial charge in [-0.3, -0.25) is 0 Å². The van der Waals surface area contributed by atoms with E-state index in [2.05, 4.69) is 222 Å². The second-order valence-electron chi connectivity index (χ2n) is 16.8. The van der Waals surface area contributed by atoms with Gasteiger partial charge in [0.15, 0.2) is 0 Å². The second kappa shape index (κ2) is 13.0. The zero-order chi connectivity index (χ0) is 41.2. The quantitative estimate of drug-likeness (QED) is 0.172. The topological polar surface area (TPSA) is 21.3 Å². The van der Waals surface area contributed by atoms with Crippen LogP contribution in [0.3, 0.4) is 0 Å². The third kappa shape index (κ3) is 4.79. The number of benzene rings is 9. The molecule has 9 aromatic carbocycles. The van der Waals surface area contributed by atoms with Gasteiger partial charge in [-0.15, -0.1) is 11.3 Å². The minimum absolute atomic E-state index is 0.571. The van der Waals surface area contributed by atoms with Crippen molar-refractivity contribution in [3.63, 3.8) is 0 Å². The Labute approximate surface area is 368 Å². The van der Waals surface area contributed by atoms with Gasteiger partial charge in [0.2, 0.25) is 0 Å². The fraction of sp³-hybridized carbons (Fsp3) is 0.0169. The lowest BCUT2D eigenvalue weighted by atomic mass is 9.65. The molecule has 0 saturated carbocycles. The molecule has 14 rings (SSSR count). The third-order valence-corrected chi connectivity index (χ3v) is 14.8. The Morgan fingerprint density at radius 2 is 1.17 bits per heavy atom. The summed E-state index contributed by atoms with van der Waals surface area (Å²) in [5.41, 5.74) is 18.4. The van der Waals surface area contributed by atoms with E-state index in [0.717, 1.165) is 33.6 Å². The molecule has 0 amide bonds. The van der Waals surface area contributed by atoms with E-state index in [1.54, 1.807) is 0 Å². The number of furan rings is 1. The number of aromatic nitrogens is 1. The lowest BCUT2D eigenvalue weighted by Crippen LogP contribution is -2.33. The van der Waals surface area contributed by atoms with Gasteiger partial charge in [-0.2, -0.15) is 0 Å². The van der Waals surface area contributed by atoms with Crippen LogP contribution in [-0.4, -0.2) is 4.57 Å². The Morgan fingerprint density at radius 1 is 0.460 bits per heavy atom. The van der Waals surface area contributed by atoms with Crippen molar-refractivity contribution >= 4 is 71.3 Å². The molecule has 1 spiro atoms. The molecule has 294 valence electrons. The highest BCUT2D eigenvalue weighted by Crippen LogP contribution is 2.62. The highest BCUT2D eigenvalue weighted by atomic mass is 32.1. The van der Waals surface area contributed by atoms with E-state index in [9.17, 15) is 0 Å². The summed E-state index contributed by atoms with van der Waals surface area (Å²) in [6.07, 6.45) is 1.94. The largest absolute Gasteiger partial charge is 0.462 e. The molecule has 1 aliphatic heterocycles. The van der Waals surface area contributed by atoms with Crippen LogP contribution in [0.1, 0.15) is 22.3 Å². The van der Waals surface area contributed by atoms with E-state index < -0.39 is 5.41 Å². The normalized spacial score (nSPS) is 14.7. The van der Waals surface area contributed by atoms with Crippen LogP contribution < -0.4 is 4.90 Å². The number of thiophene rings is 1. The molecular formula is C59H36N2OS. The number of nitrogens with zero attached hydrogens (tertiary/aromatic N) is 2. The monoisotopic (exact) mass is 820 g/mol. The Kier molecular flexibility index (Phi) is 7.20. The number of rotatable bonds is 5. The molecule has 0 radical (unpaired) electrons. The minimum atomic E-state index is -0.571. The molecule has 63 heavy (non-hydrogen) atoms. The summed E-state index contributed by atoms with van der Waals surface area (Å²) >= 11 is 1.84. The lowest BCUT2D eigenvalue weighted by molar-refractivity contribution is 0.616. The van der Waals surface area contributed by atoms with Gasteiger partial charge in [0, 0.05) is 37.1 Å². The molecular weight excluding hydrogens is 785 g/mol. The summed E-state index contributed by atoms with van der Waals surface area (Å²) in [5.74, 6) is 0. The number of fused-ring (bicyclic) bond motifs is 14. The maximum absolute atomic E-state index is 6.45. The summed E-state index contributed by atoms with van der Waals surface area (Å²) in [6.45, 7) is 0. The molecule has 12 aromatic rings. The van der Waals surface area contributed by atoms with Gasteiger partial charge in [-0.05, 0) is 116 Å². The van der Waals surface area contributed by atoms with Crippen LogP contribution in [0.4, 0.5) is 17.1 Å². The van der Waals surface area contributed by atoms with Crippen LogP contribution in [0.15, 0.2) is 223 Å². The van der Waals surface area contributed by atoms with Crippen LogP contribution in [0.25, 0.3) is 81.2 Å². The van der Waals surface area contributed by atoms with Crippen LogP contribution in [0.5, 0.6) is 0 Å². The average Bonchev–Trinajstić information content (AvgIpc) is 4.13. The number of anilines is 3. The van der Waals surface area contributed by atoms with Crippen molar-refractivity contribution in [3.8, 4) is 38.4 Å². The summed E-state index contributed by atoms with van der Waals surface area (Å²) in [5, 5.41) is 4.88. The first-order valence-corrected chi connectivity index (χ1v) is 22.4. The van der Waals surface area contributed by atoms with Crippen molar-refractivity contribution in [2.24, 2.45) is 0 Å². The molecule has 0 saturated heterocycles. The first-order valence-electron chi connectivity index (χ1n) is 21.6. The molecule has 0 bridgehead atoms. The van der Waals surface area contributed by atoms with E-state index >= 15 is 0 Å². The molecule has 1 atom stereocenters. The fourth-order valence-electron chi connectivity index (χ4n) is 11.0. The zero-order valence-electron chi connectivity index (χ0n) is 34.0. The maximum Gasteiger partial charge on any atom is 0.136 e. The van der Waals surface area contributed by atoms with Gasteiger partial charge in [0.1, 0.15) is 11.8 Å². The van der Waals surface area contributed by atoms with Crippen molar-refractivity contribution in [1.82, 2.24) is 4.57 Å². The van der Waals surface area contributed by atoms with Crippen molar-refractivity contribution in [1.29, 1.82) is 0 Å². The van der Waals surface area contributed by atoms with Crippen molar-refractivity contribution in [2.45, 2.75) is 5.41 Å². The number of hydrogen-bond donors (Lipinski definition) is 0.